The van der Waals surface area contributed by atoms with E-state index in [1.165, 1.54) is 14.2 Å². The number of rotatable bonds is 5. The summed E-state index contributed by atoms with van der Waals surface area (Å²) in [5.74, 6) is 0.877. The SMILES string of the molecule is COc1ccc(-c2cc(C(F)(F)F)n(-c3nc(-c4ccc(Br)cc4)cs3)n2)c(OC)c1. The summed E-state index contributed by atoms with van der Waals surface area (Å²) < 4.78 is 53.6. The van der Waals surface area contributed by atoms with Crippen LogP contribution >= 0.6 is 27.3 Å². The molecule has 0 N–H and O–H groups in total. The summed E-state index contributed by atoms with van der Waals surface area (Å²) in [4.78, 5) is 4.38. The molecule has 0 radical (unpaired) electrons. The first-order valence-corrected chi connectivity index (χ1v) is 10.6. The van der Waals surface area contributed by atoms with Crippen LogP contribution in [0, 0.1) is 0 Å². The first-order chi connectivity index (χ1) is 14.8. The van der Waals surface area contributed by atoms with Crippen LogP contribution in [-0.4, -0.2) is 29.0 Å². The number of nitrogens with zero attached hydrogens (tertiary/aromatic N) is 3. The number of ether oxygens (including phenoxy) is 2. The molecular formula is C21H15BrF3N3O2S. The van der Waals surface area contributed by atoms with Crippen molar-refractivity contribution in [2.24, 2.45) is 0 Å². The van der Waals surface area contributed by atoms with Crippen LogP contribution in [0.25, 0.3) is 27.6 Å². The zero-order valence-corrected chi connectivity index (χ0v) is 18.7. The molecule has 0 spiro atoms. The number of hydrogen-bond donors (Lipinski definition) is 0. The average molecular weight is 510 g/mol. The number of methoxy groups -OCH3 is 2. The normalized spacial score (nSPS) is 11.5. The molecule has 0 saturated carbocycles. The highest BCUT2D eigenvalue weighted by Crippen LogP contribution is 2.38. The summed E-state index contributed by atoms with van der Waals surface area (Å²) in [5.41, 5.74) is 0.977. The maximum atomic E-state index is 13.8. The van der Waals surface area contributed by atoms with Crippen LogP contribution in [0.3, 0.4) is 0 Å². The van der Waals surface area contributed by atoms with Crippen molar-refractivity contribution in [1.82, 2.24) is 14.8 Å². The lowest BCUT2D eigenvalue weighted by atomic mass is 10.1. The molecule has 0 aliphatic rings. The maximum absolute atomic E-state index is 13.8. The maximum Gasteiger partial charge on any atom is 0.433 e. The summed E-state index contributed by atoms with van der Waals surface area (Å²) >= 11 is 4.44. The molecule has 0 bridgehead atoms. The molecule has 2 aromatic heterocycles. The Morgan fingerprint density at radius 2 is 1.71 bits per heavy atom. The molecule has 0 aliphatic carbocycles. The average Bonchev–Trinajstić information content (AvgIpc) is 3.41. The molecule has 0 amide bonds. The van der Waals surface area contributed by atoms with Gasteiger partial charge in [-0.2, -0.15) is 18.3 Å². The molecule has 4 aromatic rings. The van der Waals surface area contributed by atoms with E-state index in [0.717, 1.165) is 32.1 Å². The predicted octanol–water partition coefficient (Wildman–Crippen LogP) is 6.46. The second-order valence-corrected chi connectivity index (χ2v) is 8.17. The van der Waals surface area contributed by atoms with Crippen molar-refractivity contribution in [2.45, 2.75) is 6.18 Å². The molecule has 5 nitrogen and oxygen atoms in total. The van der Waals surface area contributed by atoms with E-state index in [0.29, 0.717) is 22.8 Å². The molecule has 4 rings (SSSR count). The van der Waals surface area contributed by atoms with Crippen LogP contribution in [0.4, 0.5) is 13.2 Å². The molecule has 0 aliphatic heterocycles. The molecule has 2 heterocycles. The fraction of sp³-hybridized carbons (Fsp3) is 0.143. The number of thiazole rings is 1. The summed E-state index contributed by atoms with van der Waals surface area (Å²) in [5, 5.41) is 6.04. The van der Waals surface area contributed by atoms with Gasteiger partial charge in [0, 0.05) is 27.0 Å². The number of benzene rings is 2. The Morgan fingerprint density at radius 3 is 2.35 bits per heavy atom. The van der Waals surface area contributed by atoms with E-state index in [2.05, 4.69) is 26.0 Å². The summed E-state index contributed by atoms with van der Waals surface area (Å²) in [6.45, 7) is 0. The Bertz CT molecular complexity index is 1220. The molecule has 10 heteroatoms. The van der Waals surface area contributed by atoms with E-state index >= 15 is 0 Å². The van der Waals surface area contributed by atoms with E-state index < -0.39 is 11.9 Å². The van der Waals surface area contributed by atoms with Crippen molar-refractivity contribution in [3.05, 3.63) is 64.1 Å². The zero-order chi connectivity index (χ0) is 22.2. The Kier molecular flexibility index (Phi) is 5.76. The van der Waals surface area contributed by atoms with E-state index in [9.17, 15) is 13.2 Å². The van der Waals surface area contributed by atoms with Gasteiger partial charge in [0.1, 0.15) is 11.5 Å². The first-order valence-electron chi connectivity index (χ1n) is 8.91. The topological polar surface area (TPSA) is 49.2 Å². The lowest BCUT2D eigenvalue weighted by Crippen LogP contribution is -2.13. The number of hydrogen-bond acceptors (Lipinski definition) is 5. The fourth-order valence-electron chi connectivity index (χ4n) is 2.99. The minimum absolute atomic E-state index is 0.115. The quantitative estimate of drug-likeness (QED) is 0.309. The lowest BCUT2D eigenvalue weighted by molar-refractivity contribution is -0.142. The largest absolute Gasteiger partial charge is 0.497 e. The van der Waals surface area contributed by atoms with Crippen molar-refractivity contribution in [3.63, 3.8) is 0 Å². The summed E-state index contributed by atoms with van der Waals surface area (Å²) in [6.07, 6.45) is -4.62. The third-order valence-corrected chi connectivity index (χ3v) is 5.84. The van der Waals surface area contributed by atoms with Gasteiger partial charge in [-0.3, -0.25) is 0 Å². The van der Waals surface area contributed by atoms with Crippen molar-refractivity contribution in [1.29, 1.82) is 0 Å². The van der Waals surface area contributed by atoms with E-state index in [1.807, 2.05) is 24.3 Å². The van der Waals surface area contributed by atoms with Gasteiger partial charge in [-0.1, -0.05) is 28.1 Å². The Balaban J connectivity index is 1.81. The second-order valence-electron chi connectivity index (χ2n) is 6.41. The van der Waals surface area contributed by atoms with Crippen molar-refractivity contribution in [3.8, 4) is 39.1 Å². The Morgan fingerprint density at radius 1 is 0.968 bits per heavy atom. The Hall–Kier alpha value is -2.85. The highest BCUT2D eigenvalue weighted by molar-refractivity contribution is 9.10. The minimum atomic E-state index is -4.62. The van der Waals surface area contributed by atoms with Crippen LogP contribution in [0.2, 0.25) is 0 Å². The lowest BCUT2D eigenvalue weighted by Gasteiger charge is -2.08. The standard InChI is InChI=1S/C21H15BrF3N3O2S/c1-29-14-7-8-15(18(9-14)30-2)16-10-19(21(23,24)25)28(27-16)20-26-17(11-31-20)12-3-5-13(22)6-4-12/h3-11H,1-2H3. The van der Waals surface area contributed by atoms with Crippen LogP contribution in [0.15, 0.2) is 58.4 Å². The molecule has 0 fully saturated rings. The first kappa shape index (κ1) is 21.4. The van der Waals surface area contributed by atoms with Gasteiger partial charge in [-0.15, -0.1) is 11.3 Å². The third-order valence-electron chi connectivity index (χ3n) is 4.50. The van der Waals surface area contributed by atoms with Crippen LogP contribution in [-0.2, 0) is 6.18 Å². The van der Waals surface area contributed by atoms with Crippen molar-refractivity contribution >= 4 is 27.3 Å². The van der Waals surface area contributed by atoms with Gasteiger partial charge in [0.05, 0.1) is 25.6 Å². The van der Waals surface area contributed by atoms with Gasteiger partial charge < -0.3 is 9.47 Å². The van der Waals surface area contributed by atoms with Crippen LogP contribution in [0.1, 0.15) is 5.69 Å². The third kappa shape index (κ3) is 4.31. The molecule has 0 saturated heterocycles. The van der Waals surface area contributed by atoms with Crippen LogP contribution < -0.4 is 9.47 Å². The number of alkyl halides is 3. The molecule has 160 valence electrons. The van der Waals surface area contributed by atoms with Gasteiger partial charge in [0.15, 0.2) is 5.69 Å². The van der Waals surface area contributed by atoms with E-state index in [-0.39, 0.29) is 10.8 Å². The van der Waals surface area contributed by atoms with E-state index in [1.54, 1.807) is 23.6 Å². The number of halogens is 4. The monoisotopic (exact) mass is 509 g/mol. The van der Waals surface area contributed by atoms with Gasteiger partial charge in [-0.25, -0.2) is 9.67 Å². The predicted molar refractivity (Wildman–Crippen MR) is 116 cm³/mol. The van der Waals surface area contributed by atoms with E-state index in [4.69, 9.17) is 9.47 Å². The minimum Gasteiger partial charge on any atom is -0.497 e. The molecule has 0 unspecified atom stereocenters. The molecule has 2 aromatic carbocycles. The highest BCUT2D eigenvalue weighted by atomic mass is 79.9. The number of aromatic nitrogens is 3. The molecule has 31 heavy (non-hydrogen) atoms. The van der Waals surface area contributed by atoms with Gasteiger partial charge in [0.25, 0.3) is 0 Å². The molecule has 0 atom stereocenters. The van der Waals surface area contributed by atoms with Gasteiger partial charge in [-0.05, 0) is 30.3 Å². The van der Waals surface area contributed by atoms with Crippen molar-refractivity contribution < 1.29 is 22.6 Å². The second kappa shape index (κ2) is 8.35. The van der Waals surface area contributed by atoms with Gasteiger partial charge in [0.2, 0.25) is 5.13 Å². The van der Waals surface area contributed by atoms with Gasteiger partial charge >= 0.3 is 6.18 Å². The molecular weight excluding hydrogens is 495 g/mol. The summed E-state index contributed by atoms with van der Waals surface area (Å²) in [6, 6.07) is 13.2. The summed E-state index contributed by atoms with van der Waals surface area (Å²) in [7, 11) is 2.93. The van der Waals surface area contributed by atoms with Crippen LogP contribution in [0.5, 0.6) is 11.5 Å². The Labute approximate surface area is 188 Å². The fourth-order valence-corrected chi connectivity index (χ4v) is 4.05. The van der Waals surface area contributed by atoms with Crippen molar-refractivity contribution in [2.75, 3.05) is 14.2 Å². The zero-order valence-electron chi connectivity index (χ0n) is 16.3. The highest BCUT2D eigenvalue weighted by Gasteiger charge is 2.37. The smallest absolute Gasteiger partial charge is 0.433 e.